The molecule has 0 radical (unpaired) electrons. The standard InChI is InChI=1S/C25H33ClN2O4/c1-25(2,3)31-17-20(29)15-28(14-19-7-5-6-8-23(19)26)16-22-13-24(27-32-22)18-9-11-21(30-4)12-10-18/h5-12,20,22,29H,13-17H2,1-4H3/t20-,22+/m0/s1. The second-order valence-corrected chi connectivity index (χ2v) is 9.47. The lowest BCUT2D eigenvalue weighted by Gasteiger charge is -2.29. The van der Waals surface area contributed by atoms with Crippen molar-refractivity contribution in [2.75, 3.05) is 26.8 Å². The Hall–Kier alpha value is -2.12. The van der Waals surface area contributed by atoms with Gasteiger partial charge in [0.1, 0.15) is 11.9 Å². The number of halogens is 1. The van der Waals surface area contributed by atoms with Crippen molar-refractivity contribution in [3.8, 4) is 5.75 Å². The van der Waals surface area contributed by atoms with Crippen molar-refractivity contribution >= 4 is 17.3 Å². The molecule has 2 aromatic carbocycles. The van der Waals surface area contributed by atoms with Crippen LogP contribution < -0.4 is 4.74 Å². The summed E-state index contributed by atoms with van der Waals surface area (Å²) >= 11 is 6.39. The number of aliphatic hydroxyl groups is 1. The number of oxime groups is 1. The van der Waals surface area contributed by atoms with E-state index in [1.54, 1.807) is 7.11 Å². The molecule has 0 aromatic heterocycles. The fourth-order valence-corrected chi connectivity index (χ4v) is 3.73. The number of methoxy groups -OCH3 is 1. The van der Waals surface area contributed by atoms with E-state index in [4.69, 9.17) is 25.9 Å². The molecule has 1 aliphatic heterocycles. The molecule has 2 atom stereocenters. The van der Waals surface area contributed by atoms with Gasteiger partial charge < -0.3 is 19.4 Å². The van der Waals surface area contributed by atoms with Gasteiger partial charge in [-0.15, -0.1) is 0 Å². The van der Waals surface area contributed by atoms with Crippen LogP contribution in [-0.2, 0) is 16.1 Å². The van der Waals surface area contributed by atoms with Gasteiger partial charge in [0.2, 0.25) is 0 Å². The van der Waals surface area contributed by atoms with Crippen molar-refractivity contribution in [2.24, 2.45) is 5.16 Å². The normalized spacial score (nSPS) is 17.2. The smallest absolute Gasteiger partial charge is 0.145 e. The first-order valence-electron chi connectivity index (χ1n) is 10.9. The second kappa shape index (κ2) is 11.1. The van der Waals surface area contributed by atoms with Crippen LogP contribution in [0.15, 0.2) is 53.7 Å². The molecule has 1 N–H and O–H groups in total. The van der Waals surface area contributed by atoms with E-state index in [2.05, 4.69) is 10.1 Å². The van der Waals surface area contributed by atoms with Crippen LogP contribution in [0.4, 0.5) is 0 Å². The van der Waals surface area contributed by atoms with E-state index in [-0.39, 0.29) is 18.3 Å². The predicted octanol–water partition coefficient (Wildman–Crippen LogP) is 4.52. The Morgan fingerprint density at radius 3 is 2.56 bits per heavy atom. The van der Waals surface area contributed by atoms with Gasteiger partial charge in [-0.05, 0) is 62.2 Å². The van der Waals surface area contributed by atoms with E-state index >= 15 is 0 Å². The average molecular weight is 461 g/mol. The van der Waals surface area contributed by atoms with Crippen LogP contribution >= 0.6 is 11.6 Å². The number of hydrogen-bond donors (Lipinski definition) is 1. The third-order valence-corrected chi connectivity index (χ3v) is 5.52. The molecule has 2 aromatic rings. The summed E-state index contributed by atoms with van der Waals surface area (Å²) in [7, 11) is 1.65. The number of nitrogens with zero attached hydrogens (tertiary/aromatic N) is 2. The molecule has 0 unspecified atom stereocenters. The molecule has 6 nitrogen and oxygen atoms in total. The minimum atomic E-state index is -0.625. The SMILES string of the molecule is COc1ccc(C2=NO[C@@H](CN(Cc3ccccc3Cl)C[C@H](O)COC(C)(C)C)C2)cc1. The van der Waals surface area contributed by atoms with E-state index in [0.717, 1.165) is 22.6 Å². The summed E-state index contributed by atoms with van der Waals surface area (Å²) < 4.78 is 11.0. The Morgan fingerprint density at radius 1 is 1.19 bits per heavy atom. The van der Waals surface area contributed by atoms with Crippen LogP contribution in [0.2, 0.25) is 5.02 Å². The molecule has 0 aliphatic carbocycles. The van der Waals surface area contributed by atoms with Crippen LogP contribution in [0.5, 0.6) is 5.75 Å². The zero-order valence-corrected chi connectivity index (χ0v) is 20.0. The molecule has 0 bridgehead atoms. The van der Waals surface area contributed by atoms with Crippen molar-refractivity contribution in [1.82, 2.24) is 4.90 Å². The minimum Gasteiger partial charge on any atom is -0.497 e. The van der Waals surface area contributed by atoms with Gasteiger partial charge in [-0.1, -0.05) is 35.0 Å². The van der Waals surface area contributed by atoms with Crippen LogP contribution in [-0.4, -0.2) is 60.3 Å². The van der Waals surface area contributed by atoms with Gasteiger partial charge in [0.25, 0.3) is 0 Å². The topological polar surface area (TPSA) is 63.5 Å². The van der Waals surface area contributed by atoms with Crippen molar-refractivity contribution < 1.29 is 19.4 Å². The first-order valence-corrected chi connectivity index (χ1v) is 11.3. The van der Waals surface area contributed by atoms with E-state index in [1.807, 2.05) is 69.3 Å². The largest absolute Gasteiger partial charge is 0.497 e. The van der Waals surface area contributed by atoms with E-state index < -0.39 is 6.10 Å². The number of ether oxygens (including phenoxy) is 2. The summed E-state index contributed by atoms with van der Waals surface area (Å²) in [6, 6.07) is 15.6. The number of rotatable bonds is 10. The highest BCUT2D eigenvalue weighted by atomic mass is 35.5. The van der Waals surface area contributed by atoms with Gasteiger partial charge >= 0.3 is 0 Å². The van der Waals surface area contributed by atoms with Crippen LogP contribution in [0.25, 0.3) is 0 Å². The van der Waals surface area contributed by atoms with E-state index in [9.17, 15) is 5.11 Å². The van der Waals surface area contributed by atoms with Crippen molar-refractivity contribution in [3.63, 3.8) is 0 Å². The van der Waals surface area contributed by atoms with Crippen molar-refractivity contribution in [1.29, 1.82) is 0 Å². The fraction of sp³-hybridized carbons (Fsp3) is 0.480. The highest BCUT2D eigenvalue weighted by molar-refractivity contribution is 6.31. The predicted molar refractivity (Wildman–Crippen MR) is 127 cm³/mol. The van der Waals surface area contributed by atoms with Gasteiger partial charge in [-0.2, -0.15) is 0 Å². The Bertz CT molecular complexity index is 896. The minimum absolute atomic E-state index is 0.106. The molecule has 1 heterocycles. The first kappa shape index (κ1) is 24.5. The Kier molecular flexibility index (Phi) is 8.54. The van der Waals surface area contributed by atoms with Gasteiger partial charge in [0.15, 0.2) is 0 Å². The summed E-state index contributed by atoms with van der Waals surface area (Å²) in [6.45, 7) is 7.86. The lowest BCUT2D eigenvalue weighted by molar-refractivity contribution is -0.0600. The molecule has 1 aliphatic rings. The quantitative estimate of drug-likeness (QED) is 0.564. The summed E-state index contributed by atoms with van der Waals surface area (Å²) in [5.74, 6) is 0.808. The first-order chi connectivity index (χ1) is 15.2. The molecule has 0 saturated heterocycles. The molecule has 174 valence electrons. The van der Waals surface area contributed by atoms with Gasteiger partial charge in [-0.25, -0.2) is 0 Å². The average Bonchev–Trinajstić information content (AvgIpc) is 3.22. The van der Waals surface area contributed by atoms with Gasteiger partial charge in [0, 0.05) is 31.1 Å². The fourth-order valence-electron chi connectivity index (χ4n) is 3.54. The summed E-state index contributed by atoms with van der Waals surface area (Å²) in [5, 5.41) is 15.6. The molecule has 7 heteroatoms. The summed E-state index contributed by atoms with van der Waals surface area (Å²) in [6.07, 6.45) is -0.0367. The molecule has 3 rings (SSSR count). The third-order valence-electron chi connectivity index (χ3n) is 5.15. The Balaban J connectivity index is 1.63. The molecule has 32 heavy (non-hydrogen) atoms. The maximum atomic E-state index is 10.6. The lowest BCUT2D eigenvalue weighted by Crippen LogP contribution is -2.40. The van der Waals surface area contributed by atoms with Crippen molar-refractivity contribution in [2.45, 2.75) is 51.5 Å². The molecule has 0 fully saturated rings. The number of hydrogen-bond acceptors (Lipinski definition) is 6. The Morgan fingerprint density at radius 2 is 1.91 bits per heavy atom. The van der Waals surface area contributed by atoms with E-state index in [1.165, 1.54) is 0 Å². The second-order valence-electron chi connectivity index (χ2n) is 9.06. The zero-order chi connectivity index (χ0) is 23.1. The third kappa shape index (κ3) is 7.48. The van der Waals surface area contributed by atoms with Crippen LogP contribution in [0.3, 0.4) is 0 Å². The summed E-state index contributed by atoms with van der Waals surface area (Å²) in [5.41, 5.74) is 2.63. The van der Waals surface area contributed by atoms with Crippen molar-refractivity contribution in [3.05, 3.63) is 64.7 Å². The molecular weight excluding hydrogens is 428 g/mol. The molecule has 0 amide bonds. The highest BCUT2D eigenvalue weighted by Gasteiger charge is 2.26. The van der Waals surface area contributed by atoms with Crippen LogP contribution in [0, 0.1) is 0 Å². The van der Waals surface area contributed by atoms with E-state index in [0.29, 0.717) is 31.1 Å². The molecular formula is C25H33ClN2O4. The molecule has 0 spiro atoms. The highest BCUT2D eigenvalue weighted by Crippen LogP contribution is 2.22. The zero-order valence-electron chi connectivity index (χ0n) is 19.3. The monoisotopic (exact) mass is 460 g/mol. The molecule has 0 saturated carbocycles. The van der Waals surface area contributed by atoms with Crippen LogP contribution in [0.1, 0.15) is 38.3 Å². The maximum Gasteiger partial charge on any atom is 0.145 e. The number of aliphatic hydroxyl groups excluding tert-OH is 1. The lowest BCUT2D eigenvalue weighted by atomic mass is 10.0. The Labute approximate surface area is 195 Å². The van der Waals surface area contributed by atoms with Gasteiger partial charge in [-0.3, -0.25) is 4.90 Å². The number of benzene rings is 2. The van der Waals surface area contributed by atoms with Gasteiger partial charge in [0.05, 0.1) is 31.1 Å². The maximum absolute atomic E-state index is 10.6. The summed E-state index contributed by atoms with van der Waals surface area (Å²) in [4.78, 5) is 7.89.